The second kappa shape index (κ2) is 9.13. The second-order valence-electron chi connectivity index (χ2n) is 2.04. The number of hydrogen-bond donors (Lipinski definition) is 0. The van der Waals surface area contributed by atoms with Crippen LogP contribution in [0.5, 0.6) is 0 Å². The van der Waals surface area contributed by atoms with E-state index in [4.69, 9.17) is 16.9 Å². The average Bonchev–Trinajstić information content (AvgIpc) is 1.97. The van der Waals surface area contributed by atoms with Gasteiger partial charge in [0.2, 0.25) is 0 Å². The van der Waals surface area contributed by atoms with E-state index in [0.717, 1.165) is 24.5 Å². The Morgan fingerprint density at radius 2 is 1.90 bits per heavy atom. The van der Waals surface area contributed by atoms with E-state index in [0.29, 0.717) is 0 Å². The molecule has 0 saturated carbocycles. The fraction of sp³-hybridized carbons (Fsp3) is 0.857. The Balaban J connectivity index is 2.72. The number of rotatable bonds is 6. The Hall–Kier alpha value is 0.130. The molecule has 0 aliphatic heterocycles. The van der Waals surface area contributed by atoms with Gasteiger partial charge in [0.15, 0.2) is 0 Å². The Labute approximate surface area is 71.7 Å². The first kappa shape index (κ1) is 10.1. The molecule has 0 N–H and O–H groups in total. The summed E-state index contributed by atoms with van der Waals surface area (Å²) >= 11 is 6.82. The lowest BCUT2D eigenvalue weighted by molar-refractivity contribution is 0.710. The highest BCUT2D eigenvalue weighted by Crippen LogP contribution is 2.06. The molecule has 0 radical (unpaired) electrons. The Morgan fingerprint density at radius 1 is 1.20 bits per heavy atom. The van der Waals surface area contributed by atoms with E-state index in [1.54, 1.807) is 0 Å². The van der Waals surface area contributed by atoms with Crippen molar-refractivity contribution in [3.63, 3.8) is 0 Å². The summed E-state index contributed by atoms with van der Waals surface area (Å²) in [5.41, 5.74) is 0. The summed E-state index contributed by atoms with van der Waals surface area (Å²) in [6.07, 6.45) is 4.67. The van der Waals surface area contributed by atoms with Crippen molar-refractivity contribution < 1.29 is 0 Å². The molecule has 0 saturated heterocycles. The zero-order valence-corrected chi connectivity index (χ0v) is 7.55. The van der Waals surface area contributed by atoms with Crippen molar-refractivity contribution in [2.75, 3.05) is 11.6 Å². The molecule has 0 aliphatic rings. The van der Waals surface area contributed by atoms with E-state index >= 15 is 0 Å². The van der Waals surface area contributed by atoms with Gasteiger partial charge in [-0.15, -0.1) is 11.6 Å². The average molecular weight is 178 g/mol. The van der Waals surface area contributed by atoms with Crippen LogP contribution in [-0.2, 0) is 0 Å². The third kappa shape index (κ3) is 8.13. The molecule has 58 valence electrons. The van der Waals surface area contributed by atoms with E-state index in [1.807, 2.05) is 5.40 Å². The topological polar surface area (TPSA) is 23.8 Å². The number of nitrogens with zero attached hydrogens (tertiary/aromatic N) is 1. The first-order chi connectivity index (χ1) is 4.91. The third-order valence-corrected chi connectivity index (χ3v) is 2.08. The van der Waals surface area contributed by atoms with E-state index in [1.165, 1.54) is 24.6 Å². The number of thioether (sulfide) groups is 1. The lowest BCUT2D eigenvalue weighted by Crippen LogP contribution is -1.80. The second-order valence-corrected chi connectivity index (χ2v) is 3.30. The maximum atomic E-state index is 8.16. The Bertz CT molecular complexity index is 100. The van der Waals surface area contributed by atoms with Crippen LogP contribution in [0.15, 0.2) is 0 Å². The third-order valence-electron chi connectivity index (χ3n) is 1.19. The molecule has 0 fully saturated rings. The van der Waals surface area contributed by atoms with Crippen molar-refractivity contribution in [3.8, 4) is 5.40 Å². The summed E-state index contributed by atoms with van der Waals surface area (Å²) in [5.74, 6) is 1.74. The Morgan fingerprint density at radius 3 is 2.50 bits per heavy atom. The number of thiocyanates is 1. The smallest absolute Gasteiger partial charge is 0.133 e. The zero-order chi connectivity index (χ0) is 7.66. The minimum Gasteiger partial charge on any atom is -0.185 e. The maximum Gasteiger partial charge on any atom is 0.133 e. The molecule has 0 bridgehead atoms. The molecule has 0 amide bonds. The van der Waals surface area contributed by atoms with Gasteiger partial charge in [-0.1, -0.05) is 12.8 Å². The molecule has 0 aromatic rings. The first-order valence-corrected chi connectivity index (χ1v) is 5.00. The van der Waals surface area contributed by atoms with E-state index in [2.05, 4.69) is 0 Å². The van der Waals surface area contributed by atoms with Gasteiger partial charge in [-0.05, 0) is 24.6 Å². The van der Waals surface area contributed by atoms with Crippen LogP contribution in [0.25, 0.3) is 0 Å². The number of alkyl halides is 1. The minimum atomic E-state index is 0.769. The largest absolute Gasteiger partial charge is 0.185 e. The molecule has 0 aliphatic carbocycles. The van der Waals surface area contributed by atoms with E-state index in [9.17, 15) is 0 Å². The molecule has 0 rings (SSSR count). The van der Waals surface area contributed by atoms with Crippen LogP contribution in [0.2, 0.25) is 0 Å². The molecular formula is C7H12ClNS. The van der Waals surface area contributed by atoms with Crippen molar-refractivity contribution in [1.29, 1.82) is 5.26 Å². The maximum absolute atomic E-state index is 8.16. The zero-order valence-electron chi connectivity index (χ0n) is 5.98. The van der Waals surface area contributed by atoms with Gasteiger partial charge in [0.1, 0.15) is 5.40 Å². The van der Waals surface area contributed by atoms with Gasteiger partial charge in [0.05, 0.1) is 0 Å². The monoisotopic (exact) mass is 177 g/mol. The minimum absolute atomic E-state index is 0.769. The molecule has 0 heterocycles. The van der Waals surface area contributed by atoms with Crippen LogP contribution < -0.4 is 0 Å². The molecule has 0 aromatic heterocycles. The van der Waals surface area contributed by atoms with Crippen LogP contribution in [-0.4, -0.2) is 11.6 Å². The standard InChI is InChI=1S/C7H12ClNS/c8-5-3-1-2-4-6-10-7-9/h1-6H2. The van der Waals surface area contributed by atoms with Gasteiger partial charge in [-0.2, -0.15) is 5.26 Å². The van der Waals surface area contributed by atoms with Crippen molar-refractivity contribution in [2.24, 2.45) is 0 Å². The van der Waals surface area contributed by atoms with Crippen LogP contribution in [0.3, 0.4) is 0 Å². The molecule has 3 heteroatoms. The summed E-state index contributed by atoms with van der Waals surface area (Å²) in [5, 5.41) is 10.2. The molecule has 0 aromatic carbocycles. The van der Waals surface area contributed by atoms with Gasteiger partial charge in [0.25, 0.3) is 0 Å². The van der Waals surface area contributed by atoms with Crippen molar-refractivity contribution in [3.05, 3.63) is 0 Å². The number of hydrogen-bond acceptors (Lipinski definition) is 2. The molecule has 0 unspecified atom stereocenters. The molecule has 0 spiro atoms. The van der Waals surface area contributed by atoms with E-state index in [-0.39, 0.29) is 0 Å². The summed E-state index contributed by atoms with van der Waals surface area (Å²) < 4.78 is 0. The number of halogens is 1. The highest BCUT2D eigenvalue weighted by molar-refractivity contribution is 8.03. The van der Waals surface area contributed by atoms with Crippen LogP contribution in [0, 0.1) is 10.7 Å². The predicted octanol–water partition coefficient (Wildman–Crippen LogP) is 3.00. The quantitative estimate of drug-likeness (QED) is 0.354. The summed E-state index contributed by atoms with van der Waals surface area (Å²) in [7, 11) is 0. The number of nitriles is 1. The van der Waals surface area contributed by atoms with Gasteiger partial charge < -0.3 is 0 Å². The highest BCUT2D eigenvalue weighted by atomic mass is 35.5. The van der Waals surface area contributed by atoms with Gasteiger partial charge in [-0.3, -0.25) is 0 Å². The van der Waals surface area contributed by atoms with E-state index < -0.39 is 0 Å². The first-order valence-electron chi connectivity index (χ1n) is 3.48. The SMILES string of the molecule is N#CSCCCCCCCl. The summed E-state index contributed by atoms with van der Waals surface area (Å²) in [4.78, 5) is 0. The molecular weight excluding hydrogens is 166 g/mol. The lowest BCUT2D eigenvalue weighted by Gasteiger charge is -1.94. The molecule has 0 atom stereocenters. The van der Waals surface area contributed by atoms with Crippen molar-refractivity contribution in [2.45, 2.75) is 25.7 Å². The molecule has 1 nitrogen and oxygen atoms in total. The van der Waals surface area contributed by atoms with Crippen LogP contribution in [0.1, 0.15) is 25.7 Å². The number of unbranched alkanes of at least 4 members (excludes halogenated alkanes) is 3. The van der Waals surface area contributed by atoms with Crippen molar-refractivity contribution >= 4 is 23.4 Å². The predicted molar refractivity (Wildman–Crippen MR) is 47.3 cm³/mol. The molecule has 10 heavy (non-hydrogen) atoms. The Kier molecular flexibility index (Phi) is 9.25. The summed E-state index contributed by atoms with van der Waals surface area (Å²) in [6, 6.07) is 0. The highest BCUT2D eigenvalue weighted by Gasteiger charge is 1.88. The summed E-state index contributed by atoms with van der Waals surface area (Å²) in [6.45, 7) is 0. The fourth-order valence-corrected chi connectivity index (χ4v) is 1.30. The normalized spacial score (nSPS) is 9.20. The lowest BCUT2D eigenvalue weighted by atomic mass is 10.2. The van der Waals surface area contributed by atoms with Gasteiger partial charge in [0, 0.05) is 11.6 Å². The van der Waals surface area contributed by atoms with Crippen LogP contribution >= 0.6 is 23.4 Å². The fourth-order valence-electron chi connectivity index (χ4n) is 0.668. The van der Waals surface area contributed by atoms with Gasteiger partial charge in [-0.25, -0.2) is 0 Å². The van der Waals surface area contributed by atoms with Crippen molar-refractivity contribution in [1.82, 2.24) is 0 Å². The van der Waals surface area contributed by atoms with Gasteiger partial charge >= 0.3 is 0 Å². The van der Waals surface area contributed by atoms with Crippen LogP contribution in [0.4, 0.5) is 0 Å².